The summed E-state index contributed by atoms with van der Waals surface area (Å²) in [5.41, 5.74) is 1.60. The predicted molar refractivity (Wildman–Crippen MR) is 52.3 cm³/mol. The van der Waals surface area contributed by atoms with Gasteiger partial charge >= 0.3 is 5.97 Å². The van der Waals surface area contributed by atoms with Crippen molar-refractivity contribution in [3.63, 3.8) is 0 Å². The van der Waals surface area contributed by atoms with Crippen molar-refractivity contribution in [2.75, 3.05) is 0 Å². The normalized spacial score (nSPS) is 26.5. The fraction of sp³-hybridized carbons (Fsp3) is 0.727. The van der Waals surface area contributed by atoms with Crippen molar-refractivity contribution in [2.45, 2.75) is 46.6 Å². The van der Waals surface area contributed by atoms with E-state index >= 15 is 0 Å². The highest BCUT2D eigenvalue weighted by Crippen LogP contribution is 2.36. The summed E-state index contributed by atoms with van der Waals surface area (Å²) in [6.07, 6.45) is 4.12. The first kappa shape index (κ1) is 10.3. The Morgan fingerprint density at radius 2 is 2.23 bits per heavy atom. The highest BCUT2D eigenvalue weighted by molar-refractivity contribution is 5.66. The number of rotatable bonds is 1. The lowest BCUT2D eigenvalue weighted by Crippen LogP contribution is -2.26. The lowest BCUT2D eigenvalue weighted by molar-refractivity contribution is -0.144. The first-order chi connectivity index (χ1) is 5.92. The van der Waals surface area contributed by atoms with Gasteiger partial charge in [0.1, 0.15) is 6.10 Å². The Hall–Kier alpha value is -0.790. The van der Waals surface area contributed by atoms with E-state index in [0.29, 0.717) is 0 Å². The summed E-state index contributed by atoms with van der Waals surface area (Å²) in [4.78, 5) is 10.7. The van der Waals surface area contributed by atoms with Gasteiger partial charge in [0.15, 0.2) is 0 Å². The highest BCUT2D eigenvalue weighted by atomic mass is 16.5. The van der Waals surface area contributed by atoms with Crippen LogP contribution in [0.4, 0.5) is 0 Å². The van der Waals surface area contributed by atoms with Crippen LogP contribution in [-0.4, -0.2) is 12.1 Å². The number of hydrogen-bond donors (Lipinski definition) is 0. The summed E-state index contributed by atoms with van der Waals surface area (Å²) < 4.78 is 5.14. The third-order valence-electron chi connectivity index (χ3n) is 2.87. The molecule has 1 atom stereocenters. The molecule has 0 heterocycles. The Kier molecular flexibility index (Phi) is 2.79. The molecule has 2 nitrogen and oxygen atoms in total. The summed E-state index contributed by atoms with van der Waals surface area (Å²) in [7, 11) is 0. The second-order valence-electron chi connectivity index (χ2n) is 4.42. The van der Waals surface area contributed by atoms with E-state index in [1.54, 1.807) is 0 Å². The topological polar surface area (TPSA) is 26.3 Å². The minimum atomic E-state index is -0.186. The lowest BCUT2D eigenvalue weighted by Gasteiger charge is -2.33. The lowest BCUT2D eigenvalue weighted by atomic mass is 9.76. The second-order valence-corrected chi connectivity index (χ2v) is 4.42. The summed E-state index contributed by atoms with van der Waals surface area (Å²) >= 11 is 0. The van der Waals surface area contributed by atoms with Crippen LogP contribution in [-0.2, 0) is 9.53 Å². The molecule has 1 rings (SSSR count). The maximum atomic E-state index is 10.7. The summed E-state index contributed by atoms with van der Waals surface area (Å²) in [6, 6.07) is 0. The van der Waals surface area contributed by atoms with Gasteiger partial charge in [-0.2, -0.15) is 0 Å². The average molecular weight is 182 g/mol. The molecule has 0 saturated carbocycles. The van der Waals surface area contributed by atoms with Crippen molar-refractivity contribution in [1.82, 2.24) is 0 Å². The number of ether oxygens (including phenoxy) is 1. The van der Waals surface area contributed by atoms with E-state index in [1.807, 2.05) is 0 Å². The van der Waals surface area contributed by atoms with Crippen LogP contribution in [0.15, 0.2) is 11.6 Å². The molecule has 13 heavy (non-hydrogen) atoms. The Bertz CT molecular complexity index is 238. The van der Waals surface area contributed by atoms with Gasteiger partial charge in [0.05, 0.1) is 0 Å². The van der Waals surface area contributed by atoms with E-state index in [9.17, 15) is 4.79 Å². The highest BCUT2D eigenvalue weighted by Gasteiger charge is 2.27. The van der Waals surface area contributed by atoms with Crippen molar-refractivity contribution >= 4 is 5.97 Å². The molecule has 2 heteroatoms. The number of carbonyl (C=O) groups is 1. The van der Waals surface area contributed by atoms with E-state index in [1.165, 1.54) is 12.5 Å². The monoisotopic (exact) mass is 182 g/mol. The smallest absolute Gasteiger partial charge is 0.303 e. The van der Waals surface area contributed by atoms with Crippen LogP contribution in [0.2, 0.25) is 0 Å². The molecule has 0 aromatic heterocycles. The van der Waals surface area contributed by atoms with Gasteiger partial charge in [-0.1, -0.05) is 19.4 Å². The average Bonchev–Trinajstić information content (AvgIpc) is 1.97. The number of allylic oxidation sites excluding steroid dienone is 1. The molecular weight excluding hydrogens is 164 g/mol. The van der Waals surface area contributed by atoms with Gasteiger partial charge in [-0.3, -0.25) is 4.79 Å². The van der Waals surface area contributed by atoms with Gasteiger partial charge in [0.2, 0.25) is 0 Å². The maximum absolute atomic E-state index is 10.7. The van der Waals surface area contributed by atoms with E-state index in [-0.39, 0.29) is 17.5 Å². The van der Waals surface area contributed by atoms with Crippen molar-refractivity contribution in [3.8, 4) is 0 Å². The zero-order valence-electron chi connectivity index (χ0n) is 8.89. The number of esters is 1. The van der Waals surface area contributed by atoms with Crippen LogP contribution >= 0.6 is 0 Å². The molecule has 0 aromatic carbocycles. The van der Waals surface area contributed by atoms with E-state index in [0.717, 1.165) is 12.8 Å². The quantitative estimate of drug-likeness (QED) is 0.460. The van der Waals surface area contributed by atoms with Crippen LogP contribution in [0.25, 0.3) is 0 Å². The standard InChI is InChI=1S/C11H18O2/c1-8-7-10(13-9(2)12)5-6-11(8,3)4/h7,10H,5-6H2,1-4H3. The number of carbonyl (C=O) groups excluding carboxylic acids is 1. The molecule has 1 unspecified atom stereocenters. The van der Waals surface area contributed by atoms with E-state index in [2.05, 4.69) is 26.8 Å². The minimum absolute atomic E-state index is 0.00512. The summed E-state index contributed by atoms with van der Waals surface area (Å²) in [6.45, 7) is 8.02. The molecule has 0 N–H and O–H groups in total. The van der Waals surface area contributed by atoms with Crippen LogP contribution in [0.5, 0.6) is 0 Å². The molecule has 0 bridgehead atoms. The second kappa shape index (κ2) is 3.52. The fourth-order valence-corrected chi connectivity index (χ4v) is 1.59. The minimum Gasteiger partial charge on any atom is -0.458 e. The van der Waals surface area contributed by atoms with Crippen LogP contribution in [0, 0.1) is 5.41 Å². The Balaban J connectivity index is 2.66. The Morgan fingerprint density at radius 1 is 1.62 bits per heavy atom. The number of hydrogen-bond acceptors (Lipinski definition) is 2. The first-order valence-corrected chi connectivity index (χ1v) is 4.78. The largest absolute Gasteiger partial charge is 0.458 e. The molecule has 0 radical (unpaired) electrons. The fourth-order valence-electron chi connectivity index (χ4n) is 1.59. The zero-order chi connectivity index (χ0) is 10.1. The molecule has 0 spiro atoms. The molecular formula is C11H18O2. The summed E-state index contributed by atoms with van der Waals surface area (Å²) in [5, 5.41) is 0. The molecule has 0 aromatic rings. The Labute approximate surface area is 80.0 Å². The van der Waals surface area contributed by atoms with Crippen molar-refractivity contribution < 1.29 is 9.53 Å². The van der Waals surface area contributed by atoms with Gasteiger partial charge in [-0.05, 0) is 31.3 Å². The van der Waals surface area contributed by atoms with Crippen LogP contribution in [0.1, 0.15) is 40.5 Å². The first-order valence-electron chi connectivity index (χ1n) is 4.78. The molecule has 0 aliphatic heterocycles. The maximum Gasteiger partial charge on any atom is 0.303 e. The third-order valence-corrected chi connectivity index (χ3v) is 2.87. The van der Waals surface area contributed by atoms with Crippen molar-refractivity contribution in [2.24, 2.45) is 5.41 Å². The van der Waals surface area contributed by atoms with Crippen LogP contribution < -0.4 is 0 Å². The van der Waals surface area contributed by atoms with Gasteiger partial charge in [-0.15, -0.1) is 0 Å². The molecule has 0 amide bonds. The Morgan fingerprint density at radius 3 is 2.69 bits per heavy atom. The molecule has 0 saturated heterocycles. The van der Waals surface area contributed by atoms with E-state index in [4.69, 9.17) is 4.74 Å². The van der Waals surface area contributed by atoms with Gasteiger partial charge in [-0.25, -0.2) is 0 Å². The van der Waals surface area contributed by atoms with E-state index < -0.39 is 0 Å². The molecule has 74 valence electrons. The SMILES string of the molecule is CC(=O)OC1C=C(C)C(C)(C)CC1. The third kappa shape index (κ3) is 2.58. The van der Waals surface area contributed by atoms with Crippen molar-refractivity contribution in [1.29, 1.82) is 0 Å². The van der Waals surface area contributed by atoms with Gasteiger partial charge in [0.25, 0.3) is 0 Å². The van der Waals surface area contributed by atoms with Gasteiger partial charge in [0, 0.05) is 6.92 Å². The van der Waals surface area contributed by atoms with Gasteiger partial charge < -0.3 is 4.74 Å². The predicted octanol–water partition coefficient (Wildman–Crippen LogP) is 2.68. The zero-order valence-corrected chi connectivity index (χ0v) is 8.89. The molecule has 0 fully saturated rings. The molecule has 1 aliphatic carbocycles. The van der Waals surface area contributed by atoms with Crippen LogP contribution in [0.3, 0.4) is 0 Å². The summed E-state index contributed by atoms with van der Waals surface area (Å²) in [5.74, 6) is -0.186. The molecule has 1 aliphatic rings. The van der Waals surface area contributed by atoms with Crippen molar-refractivity contribution in [3.05, 3.63) is 11.6 Å².